The third-order valence-corrected chi connectivity index (χ3v) is 4.27. The monoisotopic (exact) mass is 280 g/mol. The average molecular weight is 280 g/mol. The van der Waals surface area contributed by atoms with Gasteiger partial charge in [0, 0.05) is 0 Å². The van der Waals surface area contributed by atoms with Crippen molar-refractivity contribution < 1.29 is 22.6 Å². The fourth-order valence-electron chi connectivity index (χ4n) is 3.11. The van der Waals surface area contributed by atoms with E-state index in [1.165, 1.54) is 12.8 Å². The fraction of sp³-hybridized carbons (Fsp3) is 1.00. The fourth-order valence-corrected chi connectivity index (χ4v) is 3.11. The smallest absolute Gasteiger partial charge is 0.375 e. The molecular weight excluding hydrogens is 257 g/mol. The van der Waals surface area contributed by atoms with Crippen LogP contribution in [0, 0.1) is 5.92 Å². The van der Waals surface area contributed by atoms with Gasteiger partial charge in [0.25, 0.3) is 0 Å². The van der Waals surface area contributed by atoms with Gasteiger partial charge < -0.3 is 4.74 Å². The molecule has 0 aliphatic heterocycles. The van der Waals surface area contributed by atoms with Gasteiger partial charge in [-0.05, 0) is 57.3 Å². The molecule has 2 saturated carbocycles. The number of alkyl halides is 3. The van der Waals surface area contributed by atoms with Gasteiger partial charge in [0.2, 0.25) is 0 Å². The van der Waals surface area contributed by atoms with Gasteiger partial charge in [0.05, 0.1) is 18.3 Å². The van der Waals surface area contributed by atoms with E-state index in [9.17, 15) is 13.2 Å². The normalized spacial score (nSPS) is 37.3. The Kier molecular flexibility index (Phi) is 5.12. The lowest BCUT2D eigenvalue weighted by atomic mass is 9.88. The van der Waals surface area contributed by atoms with Crippen LogP contribution in [0.4, 0.5) is 13.2 Å². The standard InChI is InChI=1S/C14H23F3O2/c1-10-2-4-11(5-3-10)18-12-6-8-13(9-7-12)19-14(15,16)17/h10-13H,2-9H2,1H3. The van der Waals surface area contributed by atoms with Crippen molar-refractivity contribution in [2.24, 2.45) is 5.92 Å². The van der Waals surface area contributed by atoms with Gasteiger partial charge in [-0.3, -0.25) is 4.74 Å². The minimum atomic E-state index is -4.50. The van der Waals surface area contributed by atoms with Crippen molar-refractivity contribution >= 4 is 0 Å². The van der Waals surface area contributed by atoms with Crippen LogP contribution >= 0.6 is 0 Å². The predicted molar refractivity (Wildman–Crippen MR) is 65.7 cm³/mol. The molecule has 19 heavy (non-hydrogen) atoms. The molecule has 0 unspecified atom stereocenters. The molecule has 0 aromatic carbocycles. The summed E-state index contributed by atoms with van der Waals surface area (Å²) in [7, 11) is 0. The lowest BCUT2D eigenvalue weighted by molar-refractivity contribution is -0.346. The first-order valence-corrected chi connectivity index (χ1v) is 7.32. The first-order chi connectivity index (χ1) is 8.92. The molecule has 0 aromatic rings. The minimum absolute atomic E-state index is 0.131. The summed E-state index contributed by atoms with van der Waals surface area (Å²) in [5.41, 5.74) is 0. The van der Waals surface area contributed by atoms with E-state index in [0.29, 0.717) is 31.8 Å². The van der Waals surface area contributed by atoms with Crippen LogP contribution in [-0.2, 0) is 9.47 Å². The van der Waals surface area contributed by atoms with E-state index in [-0.39, 0.29) is 6.10 Å². The topological polar surface area (TPSA) is 18.5 Å². The quantitative estimate of drug-likeness (QED) is 0.761. The van der Waals surface area contributed by atoms with Crippen LogP contribution in [0.2, 0.25) is 0 Å². The lowest BCUT2D eigenvalue weighted by Gasteiger charge is -2.34. The summed E-state index contributed by atoms with van der Waals surface area (Å²) in [6, 6.07) is 0. The Labute approximate surface area is 112 Å². The Hall–Kier alpha value is -0.290. The zero-order valence-corrected chi connectivity index (χ0v) is 11.4. The maximum atomic E-state index is 12.1. The van der Waals surface area contributed by atoms with E-state index >= 15 is 0 Å². The SMILES string of the molecule is CC1CCC(OC2CCC(OC(F)(F)F)CC2)CC1. The van der Waals surface area contributed by atoms with Crippen LogP contribution in [0.5, 0.6) is 0 Å². The number of hydrogen-bond acceptors (Lipinski definition) is 2. The van der Waals surface area contributed by atoms with Crippen molar-refractivity contribution in [1.29, 1.82) is 0 Å². The van der Waals surface area contributed by atoms with Gasteiger partial charge >= 0.3 is 6.36 Å². The van der Waals surface area contributed by atoms with Crippen LogP contribution in [0.1, 0.15) is 58.3 Å². The Morgan fingerprint density at radius 2 is 1.16 bits per heavy atom. The van der Waals surface area contributed by atoms with Gasteiger partial charge in [-0.1, -0.05) is 6.92 Å². The van der Waals surface area contributed by atoms with Gasteiger partial charge in [-0.15, -0.1) is 13.2 Å². The molecule has 0 aromatic heterocycles. The molecule has 2 aliphatic rings. The zero-order valence-electron chi connectivity index (χ0n) is 11.4. The summed E-state index contributed by atoms with van der Waals surface area (Å²) < 4.78 is 46.4. The van der Waals surface area contributed by atoms with Crippen LogP contribution in [0.25, 0.3) is 0 Å². The molecule has 0 saturated heterocycles. The zero-order chi connectivity index (χ0) is 13.9. The predicted octanol–water partition coefficient (Wildman–Crippen LogP) is 4.43. The molecule has 0 spiro atoms. The van der Waals surface area contributed by atoms with Crippen molar-refractivity contribution in [1.82, 2.24) is 0 Å². The van der Waals surface area contributed by atoms with Gasteiger partial charge in [-0.25, -0.2) is 0 Å². The molecule has 0 radical (unpaired) electrons. The highest BCUT2D eigenvalue weighted by Crippen LogP contribution is 2.32. The summed E-state index contributed by atoms with van der Waals surface area (Å²) in [4.78, 5) is 0. The highest BCUT2D eigenvalue weighted by Gasteiger charge is 2.36. The Morgan fingerprint density at radius 1 is 0.737 bits per heavy atom. The number of halogens is 3. The van der Waals surface area contributed by atoms with E-state index in [0.717, 1.165) is 18.8 Å². The van der Waals surface area contributed by atoms with Crippen LogP contribution < -0.4 is 0 Å². The largest absolute Gasteiger partial charge is 0.522 e. The summed E-state index contributed by atoms with van der Waals surface area (Å²) in [6.45, 7) is 2.26. The Bertz CT molecular complexity index is 264. The summed E-state index contributed by atoms with van der Waals surface area (Å²) in [5, 5.41) is 0. The summed E-state index contributed by atoms with van der Waals surface area (Å²) >= 11 is 0. The molecule has 2 aliphatic carbocycles. The molecule has 5 heteroatoms. The van der Waals surface area contributed by atoms with Crippen molar-refractivity contribution in [3.8, 4) is 0 Å². The molecule has 0 N–H and O–H groups in total. The van der Waals surface area contributed by atoms with Crippen molar-refractivity contribution in [3.05, 3.63) is 0 Å². The number of hydrogen-bond donors (Lipinski definition) is 0. The molecular formula is C14H23F3O2. The molecule has 0 heterocycles. The van der Waals surface area contributed by atoms with Crippen molar-refractivity contribution in [2.75, 3.05) is 0 Å². The van der Waals surface area contributed by atoms with Crippen molar-refractivity contribution in [3.63, 3.8) is 0 Å². The highest BCUT2D eigenvalue weighted by atomic mass is 19.4. The Balaban J connectivity index is 1.66. The molecule has 2 nitrogen and oxygen atoms in total. The lowest BCUT2D eigenvalue weighted by Crippen LogP contribution is -2.33. The van der Waals surface area contributed by atoms with Crippen LogP contribution in [0.15, 0.2) is 0 Å². The third-order valence-electron chi connectivity index (χ3n) is 4.27. The summed E-state index contributed by atoms with van der Waals surface area (Å²) in [5.74, 6) is 0.788. The van der Waals surface area contributed by atoms with E-state index in [4.69, 9.17) is 4.74 Å². The van der Waals surface area contributed by atoms with Gasteiger partial charge in [0.1, 0.15) is 0 Å². The number of rotatable bonds is 3. The average Bonchev–Trinajstić information content (AvgIpc) is 2.33. The van der Waals surface area contributed by atoms with Crippen LogP contribution in [0.3, 0.4) is 0 Å². The summed E-state index contributed by atoms with van der Waals surface area (Å²) in [6.07, 6.45) is 2.16. The first-order valence-electron chi connectivity index (χ1n) is 7.32. The second-order valence-electron chi connectivity index (χ2n) is 5.98. The van der Waals surface area contributed by atoms with Crippen molar-refractivity contribution in [2.45, 2.75) is 83.0 Å². The third kappa shape index (κ3) is 5.30. The number of ether oxygens (including phenoxy) is 2. The maximum absolute atomic E-state index is 12.1. The molecule has 2 fully saturated rings. The van der Waals surface area contributed by atoms with E-state index in [1.54, 1.807) is 0 Å². The van der Waals surface area contributed by atoms with E-state index in [1.807, 2.05) is 0 Å². The minimum Gasteiger partial charge on any atom is -0.375 e. The van der Waals surface area contributed by atoms with E-state index in [2.05, 4.69) is 11.7 Å². The second kappa shape index (κ2) is 6.44. The first kappa shape index (κ1) is 15.1. The molecule has 112 valence electrons. The second-order valence-corrected chi connectivity index (χ2v) is 5.98. The molecule has 0 bridgehead atoms. The molecule has 0 atom stereocenters. The molecule has 2 rings (SSSR count). The molecule has 0 amide bonds. The Morgan fingerprint density at radius 3 is 1.63 bits per heavy atom. The highest BCUT2D eigenvalue weighted by molar-refractivity contribution is 4.77. The van der Waals surface area contributed by atoms with Crippen LogP contribution in [-0.4, -0.2) is 24.7 Å². The maximum Gasteiger partial charge on any atom is 0.522 e. The van der Waals surface area contributed by atoms with Gasteiger partial charge in [-0.2, -0.15) is 0 Å². The van der Waals surface area contributed by atoms with E-state index < -0.39 is 12.5 Å². The van der Waals surface area contributed by atoms with Gasteiger partial charge in [0.15, 0.2) is 0 Å².